The molecule has 0 spiro atoms. The Bertz CT molecular complexity index is 619. The molecule has 0 atom stereocenters. The van der Waals surface area contributed by atoms with Crippen molar-refractivity contribution in [2.75, 3.05) is 12.3 Å². The molecule has 1 aromatic carbocycles. The third-order valence-corrected chi connectivity index (χ3v) is 3.82. The number of amides is 1. The van der Waals surface area contributed by atoms with Gasteiger partial charge in [-0.3, -0.25) is 9.79 Å². The lowest BCUT2D eigenvalue weighted by Gasteiger charge is -2.05. The molecule has 21 heavy (non-hydrogen) atoms. The van der Waals surface area contributed by atoms with Gasteiger partial charge < -0.3 is 10.6 Å². The molecule has 0 saturated carbocycles. The maximum absolute atomic E-state index is 11.9. The van der Waals surface area contributed by atoms with Crippen molar-refractivity contribution in [3.05, 3.63) is 46.6 Å². The smallest absolute Gasteiger partial charge is 0.263 e. The van der Waals surface area contributed by atoms with E-state index in [1.165, 1.54) is 6.20 Å². The first-order chi connectivity index (χ1) is 10.2. The van der Waals surface area contributed by atoms with Crippen molar-refractivity contribution in [3.63, 3.8) is 0 Å². The van der Waals surface area contributed by atoms with Gasteiger partial charge in [-0.15, -0.1) is 0 Å². The second kappa shape index (κ2) is 7.72. The number of hydrogen-bond donors (Lipinski definition) is 2. The summed E-state index contributed by atoms with van der Waals surface area (Å²) in [6.45, 7) is 1.09. The average Bonchev–Trinajstić information content (AvgIpc) is 3.00. The van der Waals surface area contributed by atoms with Crippen LogP contribution in [-0.4, -0.2) is 23.4 Å². The second-order valence-electron chi connectivity index (χ2n) is 4.16. The topological polar surface area (TPSA) is 77.3 Å². The molecule has 2 rings (SSSR count). The predicted octanol–water partition coefficient (Wildman–Crippen LogP) is 2.06. The summed E-state index contributed by atoms with van der Waals surface area (Å²) in [5.74, 6) is 0.490. The van der Waals surface area contributed by atoms with Crippen LogP contribution in [0, 0.1) is 11.3 Å². The lowest BCUT2D eigenvalue weighted by atomic mass is 10.2. The third-order valence-electron chi connectivity index (χ3n) is 2.66. The standard InChI is InChI=1S/C14H13ClN4OS/c15-12-3-1-10(2-4-12)8-18-13(20)11(7-16)9-19-14-17-5-6-21-14/h1-4,9H,5-6,8H2,(H,17,19)(H,18,20)/b11-9-. The highest BCUT2D eigenvalue weighted by atomic mass is 35.5. The van der Waals surface area contributed by atoms with Crippen molar-refractivity contribution in [2.45, 2.75) is 6.54 Å². The summed E-state index contributed by atoms with van der Waals surface area (Å²) in [6, 6.07) is 9.01. The first-order valence-corrected chi connectivity index (χ1v) is 7.62. The Morgan fingerprint density at radius 2 is 2.24 bits per heavy atom. The van der Waals surface area contributed by atoms with E-state index in [1.54, 1.807) is 23.9 Å². The van der Waals surface area contributed by atoms with E-state index >= 15 is 0 Å². The third kappa shape index (κ3) is 4.81. The first kappa shape index (κ1) is 15.4. The number of carbonyl (C=O) groups is 1. The van der Waals surface area contributed by atoms with Crippen LogP contribution in [0.1, 0.15) is 5.56 Å². The zero-order chi connectivity index (χ0) is 15.1. The molecule has 0 fully saturated rings. The number of nitriles is 1. The fraction of sp³-hybridized carbons (Fsp3) is 0.214. The van der Waals surface area contributed by atoms with E-state index in [0.717, 1.165) is 23.0 Å². The van der Waals surface area contributed by atoms with Crippen LogP contribution >= 0.6 is 23.4 Å². The maximum Gasteiger partial charge on any atom is 0.263 e. The number of carbonyl (C=O) groups excluding carboxylic acids is 1. The van der Waals surface area contributed by atoms with E-state index in [0.29, 0.717) is 11.6 Å². The second-order valence-corrected chi connectivity index (χ2v) is 5.68. The van der Waals surface area contributed by atoms with Gasteiger partial charge in [0, 0.05) is 23.5 Å². The normalized spacial score (nSPS) is 14.3. The molecule has 1 aliphatic heterocycles. The van der Waals surface area contributed by atoms with Crippen LogP contribution in [0.3, 0.4) is 0 Å². The van der Waals surface area contributed by atoms with Crippen molar-refractivity contribution < 1.29 is 4.79 Å². The number of benzene rings is 1. The number of halogens is 1. The van der Waals surface area contributed by atoms with Gasteiger partial charge in [0.15, 0.2) is 5.17 Å². The summed E-state index contributed by atoms with van der Waals surface area (Å²) in [4.78, 5) is 16.1. The van der Waals surface area contributed by atoms with E-state index in [9.17, 15) is 4.79 Å². The number of nitrogens with zero attached hydrogens (tertiary/aromatic N) is 2. The van der Waals surface area contributed by atoms with E-state index in [2.05, 4.69) is 15.6 Å². The highest BCUT2D eigenvalue weighted by molar-refractivity contribution is 8.14. The summed E-state index contributed by atoms with van der Waals surface area (Å²) >= 11 is 7.35. The Balaban J connectivity index is 1.89. The number of amidine groups is 1. The highest BCUT2D eigenvalue weighted by Gasteiger charge is 2.10. The molecule has 5 nitrogen and oxygen atoms in total. The van der Waals surface area contributed by atoms with Crippen LogP contribution in [0.4, 0.5) is 0 Å². The molecule has 1 heterocycles. The molecule has 0 unspecified atom stereocenters. The molecule has 2 N–H and O–H groups in total. The number of nitrogens with one attached hydrogen (secondary N) is 2. The number of aliphatic imine (C=N–C) groups is 1. The molecule has 0 bridgehead atoms. The summed E-state index contributed by atoms with van der Waals surface area (Å²) in [7, 11) is 0. The quantitative estimate of drug-likeness (QED) is 0.657. The van der Waals surface area contributed by atoms with Gasteiger partial charge in [-0.25, -0.2) is 0 Å². The fourth-order valence-corrected chi connectivity index (χ4v) is 2.41. The van der Waals surface area contributed by atoms with Crippen LogP contribution in [-0.2, 0) is 11.3 Å². The van der Waals surface area contributed by atoms with Gasteiger partial charge >= 0.3 is 0 Å². The summed E-state index contributed by atoms with van der Waals surface area (Å²) < 4.78 is 0. The van der Waals surface area contributed by atoms with E-state index in [4.69, 9.17) is 16.9 Å². The maximum atomic E-state index is 11.9. The SMILES string of the molecule is N#C/C(=C/NC1=NCCS1)C(=O)NCc1ccc(Cl)cc1. The molecule has 0 saturated heterocycles. The zero-order valence-corrected chi connectivity index (χ0v) is 12.7. The van der Waals surface area contributed by atoms with Crippen LogP contribution in [0.25, 0.3) is 0 Å². The number of hydrogen-bond acceptors (Lipinski definition) is 5. The predicted molar refractivity (Wildman–Crippen MR) is 84.9 cm³/mol. The van der Waals surface area contributed by atoms with E-state index < -0.39 is 5.91 Å². The summed E-state index contributed by atoms with van der Waals surface area (Å²) in [6.07, 6.45) is 1.38. The van der Waals surface area contributed by atoms with Gasteiger partial charge in [0.05, 0.1) is 6.54 Å². The largest absolute Gasteiger partial charge is 0.347 e. The fourth-order valence-electron chi connectivity index (χ4n) is 1.58. The monoisotopic (exact) mass is 320 g/mol. The molecule has 0 aromatic heterocycles. The molecular weight excluding hydrogens is 308 g/mol. The van der Waals surface area contributed by atoms with Crippen molar-refractivity contribution in [1.82, 2.24) is 10.6 Å². The van der Waals surface area contributed by atoms with Crippen molar-refractivity contribution in [3.8, 4) is 6.07 Å². The molecule has 1 aromatic rings. The molecule has 0 radical (unpaired) electrons. The molecular formula is C14H13ClN4OS. The molecule has 1 amide bonds. The van der Waals surface area contributed by atoms with Crippen molar-refractivity contribution in [1.29, 1.82) is 5.26 Å². The van der Waals surface area contributed by atoms with Crippen LogP contribution in [0.15, 0.2) is 41.0 Å². The van der Waals surface area contributed by atoms with Gasteiger partial charge in [-0.2, -0.15) is 5.26 Å². The Kier molecular flexibility index (Phi) is 5.67. The molecule has 108 valence electrons. The highest BCUT2D eigenvalue weighted by Crippen LogP contribution is 2.10. The Morgan fingerprint density at radius 3 is 2.86 bits per heavy atom. The van der Waals surface area contributed by atoms with E-state index in [-0.39, 0.29) is 5.57 Å². The summed E-state index contributed by atoms with van der Waals surface area (Å²) in [5.41, 5.74) is 0.924. The average molecular weight is 321 g/mol. The van der Waals surface area contributed by atoms with Crippen molar-refractivity contribution in [2.24, 2.45) is 4.99 Å². The first-order valence-electron chi connectivity index (χ1n) is 6.26. The minimum Gasteiger partial charge on any atom is -0.347 e. The zero-order valence-electron chi connectivity index (χ0n) is 11.1. The number of thioether (sulfide) groups is 1. The lowest BCUT2D eigenvalue weighted by Crippen LogP contribution is -2.25. The Labute approximate surface area is 132 Å². The summed E-state index contributed by atoms with van der Waals surface area (Å²) in [5, 5.41) is 15.9. The number of rotatable bonds is 4. The van der Waals surface area contributed by atoms with Crippen LogP contribution < -0.4 is 10.6 Å². The Hall–Kier alpha value is -1.97. The molecule has 7 heteroatoms. The molecule has 1 aliphatic rings. The van der Waals surface area contributed by atoms with Gasteiger partial charge in [0.25, 0.3) is 5.91 Å². The van der Waals surface area contributed by atoms with Crippen LogP contribution in [0.2, 0.25) is 5.02 Å². The Morgan fingerprint density at radius 1 is 1.48 bits per heavy atom. The van der Waals surface area contributed by atoms with Gasteiger partial charge in [-0.1, -0.05) is 35.5 Å². The minimum absolute atomic E-state index is 0.0131. The van der Waals surface area contributed by atoms with Crippen molar-refractivity contribution >= 4 is 34.4 Å². The molecule has 0 aliphatic carbocycles. The van der Waals surface area contributed by atoms with Crippen LogP contribution in [0.5, 0.6) is 0 Å². The van der Waals surface area contributed by atoms with Gasteiger partial charge in [0.2, 0.25) is 0 Å². The van der Waals surface area contributed by atoms with Gasteiger partial charge in [0.1, 0.15) is 11.6 Å². The van der Waals surface area contributed by atoms with Gasteiger partial charge in [-0.05, 0) is 17.7 Å². The van der Waals surface area contributed by atoms with E-state index in [1.807, 2.05) is 18.2 Å². The minimum atomic E-state index is -0.427. The lowest BCUT2D eigenvalue weighted by molar-refractivity contribution is -0.117.